The number of rotatable bonds is 9. The Kier molecular flexibility index (Phi) is 8.54. The van der Waals surface area contributed by atoms with E-state index in [9.17, 15) is 20.0 Å². The first kappa shape index (κ1) is 26.0. The Labute approximate surface area is 211 Å². The van der Waals surface area contributed by atoms with Crippen LogP contribution < -0.4 is 5.32 Å². The predicted molar refractivity (Wildman–Crippen MR) is 130 cm³/mol. The quantitative estimate of drug-likeness (QED) is 0.398. The lowest BCUT2D eigenvalue weighted by Crippen LogP contribution is -2.37. The lowest BCUT2D eigenvalue weighted by molar-refractivity contribution is -0.150. The maximum absolute atomic E-state index is 12.4. The highest BCUT2D eigenvalue weighted by molar-refractivity contribution is 5.93. The Balaban J connectivity index is 1.44. The number of nitrogens with zero attached hydrogens (tertiary/aromatic N) is 4. The molecular formula is C26H34N5O5. The second-order valence-corrected chi connectivity index (χ2v) is 9.66. The van der Waals surface area contributed by atoms with Gasteiger partial charge in [-0.15, -0.1) is 0 Å². The Morgan fingerprint density at radius 2 is 2.08 bits per heavy atom. The van der Waals surface area contributed by atoms with Gasteiger partial charge in [-0.05, 0) is 37.3 Å². The topological polar surface area (TPSA) is 139 Å². The van der Waals surface area contributed by atoms with Gasteiger partial charge in [0.05, 0.1) is 5.69 Å². The van der Waals surface area contributed by atoms with E-state index in [0.717, 1.165) is 38.5 Å². The van der Waals surface area contributed by atoms with Gasteiger partial charge in [0.1, 0.15) is 36.7 Å². The zero-order chi connectivity index (χ0) is 25.5. The zero-order valence-corrected chi connectivity index (χ0v) is 20.7. The number of aliphatic hydroxyl groups excluding tert-OH is 1. The van der Waals surface area contributed by atoms with Crippen LogP contribution in [0.25, 0.3) is 5.52 Å². The monoisotopic (exact) mass is 496 g/mol. The molecule has 1 radical (unpaired) electrons. The van der Waals surface area contributed by atoms with Gasteiger partial charge in [0.15, 0.2) is 5.82 Å². The number of unbranched alkanes of at least 4 members (excludes halogenated alkanes) is 1. The van der Waals surface area contributed by atoms with Crippen LogP contribution in [0.5, 0.6) is 0 Å². The molecule has 3 heterocycles. The van der Waals surface area contributed by atoms with Crippen molar-refractivity contribution in [3.8, 4) is 6.07 Å². The summed E-state index contributed by atoms with van der Waals surface area (Å²) in [5, 5.41) is 27.9. The van der Waals surface area contributed by atoms with Crippen molar-refractivity contribution in [3.05, 3.63) is 30.6 Å². The van der Waals surface area contributed by atoms with Crippen LogP contribution in [0, 0.1) is 23.7 Å². The van der Waals surface area contributed by atoms with Crippen molar-refractivity contribution in [1.82, 2.24) is 14.6 Å². The number of carbonyl (C=O) groups excluding carboxylic acids is 2. The second kappa shape index (κ2) is 11.8. The molecule has 2 aromatic rings. The average molecular weight is 497 g/mol. The van der Waals surface area contributed by atoms with Crippen LogP contribution in [-0.4, -0.2) is 50.4 Å². The van der Waals surface area contributed by atoms with Gasteiger partial charge in [-0.2, -0.15) is 10.4 Å². The number of hydrogen-bond donors (Lipinski definition) is 2. The maximum atomic E-state index is 12.4. The highest BCUT2D eigenvalue weighted by Crippen LogP contribution is 2.40. The molecule has 2 N–H and O–H groups in total. The van der Waals surface area contributed by atoms with Gasteiger partial charge in [-0.3, -0.25) is 9.59 Å². The number of aromatic nitrogens is 3. The number of carbonyl (C=O) groups is 2. The molecule has 2 aromatic heterocycles. The minimum Gasteiger partial charge on any atom is -0.463 e. The fourth-order valence-corrected chi connectivity index (χ4v) is 5.02. The van der Waals surface area contributed by atoms with Crippen LogP contribution in [0.3, 0.4) is 0 Å². The fourth-order valence-electron chi connectivity index (χ4n) is 5.02. The molecule has 10 nitrogen and oxygen atoms in total. The molecule has 10 heteroatoms. The molecular weight excluding hydrogens is 462 g/mol. The molecule has 1 aliphatic heterocycles. The van der Waals surface area contributed by atoms with Crippen molar-refractivity contribution >= 4 is 23.2 Å². The molecule has 2 fully saturated rings. The fraction of sp³-hybridized carbons (Fsp3) is 0.615. The molecule has 1 saturated carbocycles. The smallest absolute Gasteiger partial charge is 0.306 e. The molecule has 193 valence electrons. The summed E-state index contributed by atoms with van der Waals surface area (Å²) >= 11 is 0. The standard InChI is InChI=1S/C26H34N5O5/c1-2-3-10-23(33)30-25-20-11-12-21(31(20)29-17-28-25)26(16-27)22(32)14-19(36-26)15-35-24(34)13-18-8-6-4-5-7-9-18/h11-12,14,17-19,22,32H,2-10,13,15H2,1H3,(H,28,29,30,33)/t19-,22-,26+/m1/s1. The summed E-state index contributed by atoms with van der Waals surface area (Å²) in [7, 11) is 0. The van der Waals surface area contributed by atoms with Crippen LogP contribution in [0.1, 0.15) is 76.8 Å². The largest absolute Gasteiger partial charge is 0.463 e. The second-order valence-electron chi connectivity index (χ2n) is 9.66. The number of amides is 1. The van der Waals surface area contributed by atoms with E-state index in [1.165, 1.54) is 30.1 Å². The Morgan fingerprint density at radius 1 is 1.31 bits per heavy atom. The van der Waals surface area contributed by atoms with E-state index in [1.54, 1.807) is 12.1 Å². The maximum Gasteiger partial charge on any atom is 0.306 e. The predicted octanol–water partition coefficient (Wildman–Crippen LogP) is 3.44. The van der Waals surface area contributed by atoms with E-state index < -0.39 is 17.8 Å². The molecule has 1 saturated heterocycles. The first-order valence-corrected chi connectivity index (χ1v) is 12.9. The molecule has 36 heavy (non-hydrogen) atoms. The summed E-state index contributed by atoms with van der Waals surface area (Å²) in [5.74, 6) is 0.213. The average Bonchev–Trinajstić information content (AvgIpc) is 3.34. The Bertz CT molecular complexity index is 1100. The third kappa shape index (κ3) is 5.68. The van der Waals surface area contributed by atoms with Gasteiger partial charge in [-0.25, -0.2) is 9.50 Å². The number of nitrogens with one attached hydrogen (secondary N) is 1. The SMILES string of the molecule is CCCCC(=O)Nc1ncnn2c([C@]3(C#N)O[C@@H](COC(=O)CC4CCCCCC4)[CH][C@H]3O)ccc12. The molecule has 1 aliphatic carbocycles. The van der Waals surface area contributed by atoms with Crippen LogP contribution in [-0.2, 0) is 24.7 Å². The third-order valence-electron chi connectivity index (χ3n) is 7.00. The van der Waals surface area contributed by atoms with E-state index in [1.807, 2.05) is 6.92 Å². The number of anilines is 1. The minimum absolute atomic E-state index is 0.0803. The summed E-state index contributed by atoms with van der Waals surface area (Å²) < 4.78 is 12.9. The van der Waals surface area contributed by atoms with Gasteiger partial charge in [0.2, 0.25) is 11.5 Å². The van der Waals surface area contributed by atoms with Gasteiger partial charge < -0.3 is 19.9 Å². The van der Waals surface area contributed by atoms with E-state index in [0.29, 0.717) is 35.8 Å². The highest BCUT2D eigenvalue weighted by Gasteiger charge is 2.52. The van der Waals surface area contributed by atoms with E-state index in [4.69, 9.17) is 9.47 Å². The van der Waals surface area contributed by atoms with Crippen molar-refractivity contribution in [2.75, 3.05) is 11.9 Å². The minimum atomic E-state index is -1.75. The number of esters is 1. The summed E-state index contributed by atoms with van der Waals surface area (Å²) in [6.07, 6.45) is 9.95. The van der Waals surface area contributed by atoms with Crippen LogP contribution in [0.15, 0.2) is 18.5 Å². The molecule has 1 amide bonds. The Hall–Kier alpha value is -3.03. The number of hydrogen-bond acceptors (Lipinski definition) is 8. The zero-order valence-electron chi connectivity index (χ0n) is 20.7. The van der Waals surface area contributed by atoms with Crippen LogP contribution in [0.4, 0.5) is 5.82 Å². The summed E-state index contributed by atoms with van der Waals surface area (Å²) in [6.45, 7) is 1.93. The van der Waals surface area contributed by atoms with Crippen LogP contribution in [0.2, 0.25) is 0 Å². The number of fused-ring (bicyclic) bond motifs is 1. The summed E-state index contributed by atoms with van der Waals surface area (Å²) in [4.78, 5) is 28.8. The van der Waals surface area contributed by atoms with E-state index in [2.05, 4.69) is 21.5 Å². The normalized spacial score (nSPS) is 24.8. The van der Waals surface area contributed by atoms with Gasteiger partial charge in [0, 0.05) is 19.3 Å². The van der Waals surface area contributed by atoms with Gasteiger partial charge >= 0.3 is 5.97 Å². The summed E-state index contributed by atoms with van der Waals surface area (Å²) in [6, 6.07) is 5.37. The molecule has 3 atom stereocenters. The molecule has 0 aromatic carbocycles. The third-order valence-corrected chi connectivity index (χ3v) is 7.00. The van der Waals surface area contributed by atoms with Crippen molar-refractivity contribution in [2.24, 2.45) is 5.92 Å². The number of ether oxygens (including phenoxy) is 2. The van der Waals surface area contributed by atoms with Crippen LogP contribution >= 0.6 is 0 Å². The lowest BCUT2D eigenvalue weighted by atomic mass is 9.94. The van der Waals surface area contributed by atoms with Gasteiger partial charge in [-0.1, -0.05) is 39.0 Å². The van der Waals surface area contributed by atoms with Crippen molar-refractivity contribution in [2.45, 2.75) is 88.9 Å². The molecule has 0 unspecified atom stereocenters. The number of aliphatic hydroxyl groups is 1. The number of nitriles is 1. The highest BCUT2D eigenvalue weighted by atomic mass is 16.6. The van der Waals surface area contributed by atoms with E-state index in [-0.39, 0.29) is 18.5 Å². The van der Waals surface area contributed by atoms with Gasteiger partial charge in [0.25, 0.3) is 0 Å². The first-order valence-electron chi connectivity index (χ1n) is 12.9. The Morgan fingerprint density at radius 3 is 2.81 bits per heavy atom. The molecule has 2 aliphatic rings. The lowest BCUT2D eigenvalue weighted by Gasteiger charge is -2.24. The molecule has 0 bridgehead atoms. The summed E-state index contributed by atoms with van der Waals surface area (Å²) in [5.41, 5.74) is -0.980. The van der Waals surface area contributed by atoms with E-state index >= 15 is 0 Å². The van der Waals surface area contributed by atoms with Crippen molar-refractivity contribution in [3.63, 3.8) is 0 Å². The molecule has 4 rings (SSSR count). The van der Waals surface area contributed by atoms with Crippen molar-refractivity contribution < 1.29 is 24.2 Å². The van der Waals surface area contributed by atoms with Crippen molar-refractivity contribution in [1.29, 1.82) is 5.26 Å². The molecule has 0 spiro atoms. The first-order chi connectivity index (χ1) is 17.5.